The van der Waals surface area contributed by atoms with Gasteiger partial charge in [-0.3, -0.25) is 0 Å². The average Bonchev–Trinajstić information content (AvgIpc) is 2.43. The number of aromatic carboxylic acids is 1. The van der Waals surface area contributed by atoms with Gasteiger partial charge in [0, 0.05) is 0 Å². The molecule has 0 amide bonds. The first-order chi connectivity index (χ1) is 10.0. The molecule has 1 saturated heterocycles. The van der Waals surface area contributed by atoms with Crippen molar-refractivity contribution in [1.82, 2.24) is 0 Å². The van der Waals surface area contributed by atoms with Gasteiger partial charge in [-0.15, -0.1) is 0 Å². The van der Waals surface area contributed by atoms with Gasteiger partial charge in [0.15, 0.2) is 0 Å². The molecule has 1 aliphatic rings. The highest BCUT2D eigenvalue weighted by atomic mass is 16.5. The molecule has 116 valence electrons. The van der Waals surface area contributed by atoms with Gasteiger partial charge in [0.05, 0.1) is 30.5 Å². The number of hydrogen-bond donors (Lipinski definition) is 1. The summed E-state index contributed by atoms with van der Waals surface area (Å²) >= 11 is 0. The molecule has 1 heterocycles. The Morgan fingerprint density at radius 1 is 1.19 bits per heavy atom. The monoisotopic (exact) mass is 294 g/mol. The lowest BCUT2D eigenvalue weighted by Gasteiger charge is -2.31. The fourth-order valence-electron chi connectivity index (χ4n) is 2.55. The third-order valence-corrected chi connectivity index (χ3v) is 3.46. The molecule has 1 fully saturated rings. The number of carboxylic acids is 1. The molecule has 5 heteroatoms. The molecule has 1 aliphatic heterocycles. The third-order valence-electron chi connectivity index (χ3n) is 3.46. The summed E-state index contributed by atoms with van der Waals surface area (Å²) < 4.78 is 17.0. The van der Waals surface area contributed by atoms with E-state index in [1.807, 2.05) is 0 Å². The summed E-state index contributed by atoms with van der Waals surface area (Å²) in [5.41, 5.74) is 0.254. The van der Waals surface area contributed by atoms with Crippen LogP contribution in [0.5, 0.6) is 5.75 Å². The summed E-state index contributed by atoms with van der Waals surface area (Å²) in [5.74, 6) is -0.287. The molecule has 21 heavy (non-hydrogen) atoms. The molecule has 1 N–H and O–H groups in total. The normalized spacial score (nSPS) is 25.5. The molecular formula is C16H22O5. The maximum absolute atomic E-state index is 10.7. The van der Waals surface area contributed by atoms with Gasteiger partial charge in [-0.2, -0.15) is 0 Å². The lowest BCUT2D eigenvalue weighted by atomic mass is 10.0. The van der Waals surface area contributed by atoms with Gasteiger partial charge in [-0.05, 0) is 51.0 Å². The van der Waals surface area contributed by atoms with E-state index in [2.05, 4.69) is 13.8 Å². The minimum absolute atomic E-state index is 0.224. The summed E-state index contributed by atoms with van der Waals surface area (Å²) in [4.78, 5) is 10.7. The van der Waals surface area contributed by atoms with Gasteiger partial charge in [0.1, 0.15) is 12.4 Å². The van der Waals surface area contributed by atoms with Crippen molar-refractivity contribution in [2.45, 2.75) is 45.0 Å². The van der Waals surface area contributed by atoms with E-state index in [4.69, 9.17) is 19.3 Å². The zero-order valence-electron chi connectivity index (χ0n) is 12.5. The molecule has 1 aromatic rings. The van der Waals surface area contributed by atoms with E-state index in [9.17, 15) is 4.79 Å². The molecule has 2 atom stereocenters. The van der Waals surface area contributed by atoms with Crippen molar-refractivity contribution in [2.75, 3.05) is 13.2 Å². The van der Waals surface area contributed by atoms with E-state index in [1.165, 1.54) is 12.1 Å². The Kier molecular flexibility index (Phi) is 5.59. The number of carboxylic acid groups (broad SMARTS) is 1. The predicted octanol–water partition coefficient (Wildman–Crippen LogP) is 2.74. The first-order valence-electron chi connectivity index (χ1n) is 7.28. The van der Waals surface area contributed by atoms with Crippen molar-refractivity contribution in [1.29, 1.82) is 0 Å². The van der Waals surface area contributed by atoms with Crippen LogP contribution in [0, 0.1) is 0 Å². The zero-order valence-corrected chi connectivity index (χ0v) is 12.5. The van der Waals surface area contributed by atoms with Gasteiger partial charge >= 0.3 is 5.97 Å². The summed E-state index contributed by atoms with van der Waals surface area (Å²) in [5, 5.41) is 8.81. The first-order valence-corrected chi connectivity index (χ1v) is 7.28. The van der Waals surface area contributed by atoms with Crippen LogP contribution in [0.25, 0.3) is 0 Å². The van der Waals surface area contributed by atoms with Crippen LogP contribution >= 0.6 is 0 Å². The molecule has 0 spiro atoms. The number of benzene rings is 1. The van der Waals surface area contributed by atoms with E-state index in [1.54, 1.807) is 12.1 Å². The van der Waals surface area contributed by atoms with E-state index in [0.717, 1.165) is 12.8 Å². The standard InChI is InChI=1S/C16H22O5/c1-11-9-15(10-12(2)21-11)20-8-7-19-14-5-3-13(4-6-14)16(17)18/h3-6,11-12,15H,7-10H2,1-2H3,(H,17,18). The Hall–Kier alpha value is -1.59. The molecule has 0 radical (unpaired) electrons. The first kappa shape index (κ1) is 15.8. The molecule has 2 rings (SSSR count). The predicted molar refractivity (Wildman–Crippen MR) is 77.9 cm³/mol. The second-order valence-electron chi connectivity index (χ2n) is 5.40. The Balaban J connectivity index is 1.68. The van der Waals surface area contributed by atoms with E-state index in [0.29, 0.717) is 19.0 Å². The maximum atomic E-state index is 10.7. The maximum Gasteiger partial charge on any atom is 0.335 e. The van der Waals surface area contributed by atoms with Crippen LogP contribution in [-0.4, -0.2) is 42.6 Å². The lowest BCUT2D eigenvalue weighted by molar-refractivity contribution is -0.104. The SMILES string of the molecule is CC1CC(OCCOc2ccc(C(=O)O)cc2)CC(C)O1. The number of ether oxygens (including phenoxy) is 3. The van der Waals surface area contributed by atoms with Crippen molar-refractivity contribution in [2.24, 2.45) is 0 Å². The summed E-state index contributed by atoms with van der Waals surface area (Å²) in [6.45, 7) is 5.09. The minimum atomic E-state index is -0.937. The van der Waals surface area contributed by atoms with Crippen molar-refractivity contribution in [3.05, 3.63) is 29.8 Å². The molecule has 0 aromatic heterocycles. The van der Waals surface area contributed by atoms with Crippen LogP contribution in [0.15, 0.2) is 24.3 Å². The largest absolute Gasteiger partial charge is 0.491 e. The summed E-state index contributed by atoms with van der Waals surface area (Å²) in [6, 6.07) is 6.37. The molecule has 2 unspecified atom stereocenters. The van der Waals surface area contributed by atoms with Crippen LogP contribution in [0.1, 0.15) is 37.0 Å². The van der Waals surface area contributed by atoms with Crippen LogP contribution < -0.4 is 4.74 Å². The second kappa shape index (κ2) is 7.43. The quantitative estimate of drug-likeness (QED) is 0.817. The molecule has 5 nitrogen and oxygen atoms in total. The van der Waals surface area contributed by atoms with Crippen LogP contribution in [-0.2, 0) is 9.47 Å². The molecule has 0 saturated carbocycles. The van der Waals surface area contributed by atoms with Gasteiger partial charge in [-0.1, -0.05) is 0 Å². The van der Waals surface area contributed by atoms with E-state index >= 15 is 0 Å². The van der Waals surface area contributed by atoms with Gasteiger partial charge in [0.25, 0.3) is 0 Å². The number of hydrogen-bond acceptors (Lipinski definition) is 4. The van der Waals surface area contributed by atoms with Crippen molar-refractivity contribution >= 4 is 5.97 Å². The van der Waals surface area contributed by atoms with Crippen LogP contribution in [0.4, 0.5) is 0 Å². The van der Waals surface area contributed by atoms with Crippen LogP contribution in [0.2, 0.25) is 0 Å². The van der Waals surface area contributed by atoms with Gasteiger partial charge in [0.2, 0.25) is 0 Å². The van der Waals surface area contributed by atoms with E-state index < -0.39 is 5.97 Å². The minimum Gasteiger partial charge on any atom is -0.491 e. The molecule has 1 aromatic carbocycles. The summed E-state index contributed by atoms with van der Waals surface area (Å²) in [7, 11) is 0. The topological polar surface area (TPSA) is 65.0 Å². The fourth-order valence-corrected chi connectivity index (χ4v) is 2.55. The van der Waals surface area contributed by atoms with Crippen molar-refractivity contribution in [3.8, 4) is 5.75 Å². The Morgan fingerprint density at radius 3 is 2.38 bits per heavy atom. The Morgan fingerprint density at radius 2 is 1.81 bits per heavy atom. The highest BCUT2D eigenvalue weighted by molar-refractivity contribution is 5.87. The fraction of sp³-hybridized carbons (Fsp3) is 0.562. The Labute approximate surface area is 124 Å². The zero-order chi connectivity index (χ0) is 15.2. The smallest absolute Gasteiger partial charge is 0.335 e. The highest BCUT2D eigenvalue weighted by Crippen LogP contribution is 2.21. The lowest BCUT2D eigenvalue weighted by Crippen LogP contribution is -2.34. The van der Waals surface area contributed by atoms with Crippen molar-refractivity contribution in [3.63, 3.8) is 0 Å². The van der Waals surface area contributed by atoms with Gasteiger partial charge in [-0.25, -0.2) is 4.79 Å². The Bertz CT molecular complexity index is 446. The number of carbonyl (C=O) groups is 1. The highest BCUT2D eigenvalue weighted by Gasteiger charge is 2.24. The molecule has 0 aliphatic carbocycles. The second-order valence-corrected chi connectivity index (χ2v) is 5.40. The van der Waals surface area contributed by atoms with Crippen LogP contribution in [0.3, 0.4) is 0 Å². The molecule has 0 bridgehead atoms. The van der Waals surface area contributed by atoms with Crippen molar-refractivity contribution < 1.29 is 24.1 Å². The van der Waals surface area contributed by atoms with Gasteiger partial charge < -0.3 is 19.3 Å². The average molecular weight is 294 g/mol. The summed E-state index contributed by atoms with van der Waals surface area (Å²) in [6.07, 6.45) is 2.53. The third kappa shape index (κ3) is 5.02. The number of rotatable bonds is 6. The van der Waals surface area contributed by atoms with E-state index in [-0.39, 0.29) is 23.9 Å². The molecular weight excluding hydrogens is 272 g/mol.